The highest BCUT2D eigenvalue weighted by Gasteiger charge is 2.15. The van der Waals surface area contributed by atoms with Crippen LogP contribution >= 0.6 is 0 Å². The molecule has 0 spiro atoms. The van der Waals surface area contributed by atoms with Crippen molar-refractivity contribution in [3.05, 3.63) is 60.3 Å². The number of aromatic nitrogens is 4. The third-order valence-electron chi connectivity index (χ3n) is 4.44. The minimum absolute atomic E-state index is 0.192. The van der Waals surface area contributed by atoms with Gasteiger partial charge in [-0.3, -0.25) is 4.98 Å². The summed E-state index contributed by atoms with van der Waals surface area (Å²) in [5.41, 5.74) is 0.927. The van der Waals surface area contributed by atoms with Crippen LogP contribution in [0.2, 0.25) is 0 Å². The van der Waals surface area contributed by atoms with Crippen LogP contribution in [0.5, 0.6) is 0 Å². The average Bonchev–Trinajstić information content (AvgIpc) is 3.26. The van der Waals surface area contributed by atoms with E-state index in [2.05, 4.69) is 35.9 Å². The average molecular weight is 395 g/mol. The Balaban J connectivity index is 1.48. The topological polar surface area (TPSA) is 96.9 Å². The molecule has 8 nitrogen and oxygen atoms in total. The third-order valence-corrected chi connectivity index (χ3v) is 4.44. The van der Waals surface area contributed by atoms with Crippen molar-refractivity contribution in [2.75, 3.05) is 29.1 Å². The van der Waals surface area contributed by atoms with E-state index in [1.165, 1.54) is 12.1 Å². The minimum Gasteiger partial charge on any atom is -0.376 e. The van der Waals surface area contributed by atoms with E-state index in [4.69, 9.17) is 4.74 Å². The van der Waals surface area contributed by atoms with E-state index >= 15 is 0 Å². The predicted molar refractivity (Wildman–Crippen MR) is 109 cm³/mol. The smallest absolute Gasteiger partial charge is 0.226 e. The molecule has 1 atom stereocenters. The molecular formula is C20H22FN7O. The number of nitrogens with zero attached hydrogens (tertiary/aromatic N) is 4. The lowest BCUT2D eigenvalue weighted by Gasteiger charge is -2.14. The fraction of sp³-hybridized carbons (Fsp3) is 0.300. The Morgan fingerprint density at radius 2 is 1.90 bits per heavy atom. The van der Waals surface area contributed by atoms with E-state index < -0.39 is 0 Å². The number of anilines is 4. The Morgan fingerprint density at radius 1 is 1.03 bits per heavy atom. The van der Waals surface area contributed by atoms with Crippen LogP contribution in [0.1, 0.15) is 18.4 Å². The maximum absolute atomic E-state index is 13.1. The first kappa shape index (κ1) is 19.0. The van der Waals surface area contributed by atoms with Crippen molar-refractivity contribution in [3.63, 3.8) is 0 Å². The number of ether oxygens (including phenoxy) is 1. The molecular weight excluding hydrogens is 373 g/mol. The summed E-state index contributed by atoms with van der Waals surface area (Å²) in [7, 11) is 0. The first-order valence-electron chi connectivity index (χ1n) is 9.50. The van der Waals surface area contributed by atoms with Crippen molar-refractivity contribution in [3.8, 4) is 0 Å². The van der Waals surface area contributed by atoms with E-state index in [-0.39, 0.29) is 11.9 Å². The maximum atomic E-state index is 13.1. The highest BCUT2D eigenvalue weighted by Crippen LogP contribution is 2.19. The van der Waals surface area contributed by atoms with Crippen LogP contribution in [-0.4, -0.2) is 39.2 Å². The van der Waals surface area contributed by atoms with E-state index in [9.17, 15) is 4.39 Å². The molecule has 0 amide bonds. The molecule has 1 aliphatic heterocycles. The molecule has 0 bridgehead atoms. The SMILES string of the molecule is Fc1ccc(CNc2nc(NCC3CCCO3)cc(Nc3cnccn3)n2)cc1. The summed E-state index contributed by atoms with van der Waals surface area (Å²) >= 11 is 0. The van der Waals surface area contributed by atoms with Crippen molar-refractivity contribution in [1.29, 1.82) is 0 Å². The zero-order valence-electron chi connectivity index (χ0n) is 15.8. The summed E-state index contributed by atoms with van der Waals surface area (Å²) in [6, 6.07) is 8.12. The van der Waals surface area contributed by atoms with Gasteiger partial charge in [-0.2, -0.15) is 9.97 Å². The van der Waals surface area contributed by atoms with Crippen LogP contribution in [-0.2, 0) is 11.3 Å². The van der Waals surface area contributed by atoms with Gasteiger partial charge in [0.25, 0.3) is 0 Å². The monoisotopic (exact) mass is 395 g/mol. The highest BCUT2D eigenvalue weighted by atomic mass is 19.1. The van der Waals surface area contributed by atoms with Crippen molar-refractivity contribution >= 4 is 23.4 Å². The summed E-state index contributed by atoms with van der Waals surface area (Å²) in [4.78, 5) is 17.3. The fourth-order valence-corrected chi connectivity index (χ4v) is 2.98. The number of rotatable bonds is 8. The molecule has 0 aliphatic carbocycles. The van der Waals surface area contributed by atoms with Gasteiger partial charge in [-0.25, -0.2) is 9.37 Å². The molecule has 9 heteroatoms. The number of nitrogens with one attached hydrogen (secondary N) is 3. The van der Waals surface area contributed by atoms with Crippen LogP contribution < -0.4 is 16.0 Å². The number of benzene rings is 1. The molecule has 150 valence electrons. The van der Waals surface area contributed by atoms with Crippen LogP contribution in [0.15, 0.2) is 48.9 Å². The van der Waals surface area contributed by atoms with Crippen molar-refractivity contribution in [2.45, 2.75) is 25.5 Å². The molecule has 0 saturated carbocycles. The predicted octanol–water partition coefficient (Wildman–Crippen LogP) is 3.35. The number of halogens is 1. The van der Waals surface area contributed by atoms with Gasteiger partial charge in [0.05, 0.1) is 12.3 Å². The second-order valence-electron chi connectivity index (χ2n) is 6.67. The number of hydrogen-bond acceptors (Lipinski definition) is 8. The minimum atomic E-state index is -0.263. The lowest BCUT2D eigenvalue weighted by atomic mass is 10.2. The van der Waals surface area contributed by atoms with E-state index in [0.29, 0.717) is 36.5 Å². The standard InChI is InChI=1S/C20H22FN7O/c21-15-5-3-14(4-6-15)11-25-20-27-17(24-12-16-2-1-9-29-16)10-18(28-20)26-19-13-22-7-8-23-19/h3-8,10,13,16H,1-2,9,11-12H2,(H3,23,24,25,26,27,28). The van der Waals surface area contributed by atoms with Gasteiger partial charge in [0.1, 0.15) is 23.3 Å². The Morgan fingerprint density at radius 3 is 2.66 bits per heavy atom. The van der Waals surface area contributed by atoms with Gasteiger partial charge in [0.2, 0.25) is 5.95 Å². The molecule has 4 rings (SSSR count). The van der Waals surface area contributed by atoms with Crippen molar-refractivity contribution in [1.82, 2.24) is 19.9 Å². The molecule has 3 heterocycles. The second-order valence-corrected chi connectivity index (χ2v) is 6.67. The largest absolute Gasteiger partial charge is 0.376 e. The lowest BCUT2D eigenvalue weighted by Crippen LogP contribution is -2.19. The van der Waals surface area contributed by atoms with Gasteiger partial charge >= 0.3 is 0 Å². The first-order valence-corrected chi connectivity index (χ1v) is 9.50. The van der Waals surface area contributed by atoms with Crippen LogP contribution in [0.3, 0.4) is 0 Å². The third kappa shape index (κ3) is 5.58. The first-order chi connectivity index (χ1) is 14.2. The van der Waals surface area contributed by atoms with Crippen LogP contribution in [0, 0.1) is 5.82 Å². The molecule has 1 aliphatic rings. The van der Waals surface area contributed by atoms with Gasteiger partial charge in [0.15, 0.2) is 0 Å². The zero-order chi connectivity index (χ0) is 19.9. The van der Waals surface area contributed by atoms with Gasteiger partial charge in [-0.1, -0.05) is 12.1 Å². The summed E-state index contributed by atoms with van der Waals surface area (Å²) < 4.78 is 18.8. The van der Waals surface area contributed by atoms with E-state index in [0.717, 1.165) is 25.0 Å². The molecule has 1 saturated heterocycles. The molecule has 1 fully saturated rings. The quantitative estimate of drug-likeness (QED) is 0.534. The molecule has 3 N–H and O–H groups in total. The van der Waals surface area contributed by atoms with Crippen molar-refractivity contribution < 1.29 is 9.13 Å². The molecule has 1 aromatic carbocycles. The maximum Gasteiger partial charge on any atom is 0.226 e. The van der Waals surface area contributed by atoms with E-state index in [1.807, 2.05) is 6.07 Å². The summed E-state index contributed by atoms with van der Waals surface area (Å²) in [5.74, 6) is 2.01. The fourth-order valence-electron chi connectivity index (χ4n) is 2.98. The molecule has 2 aromatic heterocycles. The normalized spacial score (nSPS) is 15.8. The lowest BCUT2D eigenvalue weighted by molar-refractivity contribution is 0.120. The molecule has 1 unspecified atom stereocenters. The Bertz CT molecular complexity index is 918. The summed E-state index contributed by atoms with van der Waals surface area (Å²) in [6.45, 7) is 1.96. The highest BCUT2D eigenvalue weighted by molar-refractivity contribution is 5.58. The molecule has 3 aromatic rings. The zero-order valence-corrected chi connectivity index (χ0v) is 15.8. The van der Waals surface area contributed by atoms with Gasteiger partial charge in [0, 0.05) is 38.2 Å². The summed E-state index contributed by atoms with van der Waals surface area (Å²) in [6.07, 6.45) is 7.15. The van der Waals surface area contributed by atoms with Gasteiger partial charge < -0.3 is 20.7 Å². The van der Waals surface area contributed by atoms with Crippen LogP contribution in [0.25, 0.3) is 0 Å². The molecule has 0 radical (unpaired) electrons. The summed E-state index contributed by atoms with van der Waals surface area (Å²) in [5, 5.41) is 9.63. The van der Waals surface area contributed by atoms with Crippen LogP contribution in [0.4, 0.5) is 27.8 Å². The Kier molecular flexibility index (Phi) is 6.06. The second kappa shape index (κ2) is 9.24. The molecule has 29 heavy (non-hydrogen) atoms. The Hall–Kier alpha value is -3.33. The van der Waals surface area contributed by atoms with Crippen molar-refractivity contribution in [2.24, 2.45) is 0 Å². The number of hydrogen-bond donors (Lipinski definition) is 3. The Labute approximate surface area is 168 Å². The van der Waals surface area contributed by atoms with Gasteiger partial charge in [-0.15, -0.1) is 0 Å². The van der Waals surface area contributed by atoms with E-state index in [1.54, 1.807) is 30.7 Å². The van der Waals surface area contributed by atoms with Gasteiger partial charge in [-0.05, 0) is 30.5 Å².